The second-order valence-corrected chi connectivity index (χ2v) is 2.99. The molecule has 0 bridgehead atoms. The minimum atomic E-state index is 0.615. The smallest absolute Gasteiger partial charge is 0.141 e. The van der Waals surface area contributed by atoms with Crippen LogP contribution in [0.3, 0.4) is 0 Å². The zero-order valence-electron chi connectivity index (χ0n) is 7.94. The molecule has 0 fully saturated rings. The Morgan fingerprint density at radius 1 is 1.38 bits per heavy atom. The Hall–Kier alpha value is -1.51. The van der Waals surface area contributed by atoms with Crippen molar-refractivity contribution in [1.29, 1.82) is 0 Å². The standard InChI is InChI=1S/C10H14N2O/c1-9(11-13)12(2)8-10-6-4-3-5-7-10/h3-7,13H,8H2,1-2H3/b11-9-. The van der Waals surface area contributed by atoms with E-state index in [-0.39, 0.29) is 0 Å². The van der Waals surface area contributed by atoms with Crippen LogP contribution >= 0.6 is 0 Å². The third-order valence-electron chi connectivity index (χ3n) is 1.96. The normalized spacial score (nSPS) is 11.4. The molecule has 70 valence electrons. The Morgan fingerprint density at radius 3 is 2.54 bits per heavy atom. The van der Waals surface area contributed by atoms with Crippen LogP contribution in [0.25, 0.3) is 0 Å². The molecule has 3 nitrogen and oxygen atoms in total. The van der Waals surface area contributed by atoms with Crippen LogP contribution in [0.1, 0.15) is 12.5 Å². The van der Waals surface area contributed by atoms with Gasteiger partial charge in [-0.05, 0) is 12.5 Å². The SMILES string of the molecule is C/C(=N/O)N(C)Cc1ccccc1. The molecule has 0 amide bonds. The topological polar surface area (TPSA) is 35.8 Å². The van der Waals surface area contributed by atoms with Gasteiger partial charge in [0.25, 0.3) is 0 Å². The van der Waals surface area contributed by atoms with Crippen molar-refractivity contribution < 1.29 is 5.21 Å². The molecule has 0 aromatic heterocycles. The number of oxime groups is 1. The lowest BCUT2D eigenvalue weighted by Crippen LogP contribution is -2.23. The highest BCUT2D eigenvalue weighted by molar-refractivity contribution is 5.78. The van der Waals surface area contributed by atoms with Crippen molar-refractivity contribution in [3.63, 3.8) is 0 Å². The van der Waals surface area contributed by atoms with Crippen LogP contribution in [-0.4, -0.2) is 23.0 Å². The molecule has 1 aromatic rings. The summed E-state index contributed by atoms with van der Waals surface area (Å²) in [6.45, 7) is 2.53. The summed E-state index contributed by atoms with van der Waals surface area (Å²) in [4.78, 5) is 1.88. The summed E-state index contributed by atoms with van der Waals surface area (Å²) < 4.78 is 0. The molecule has 0 aliphatic heterocycles. The summed E-state index contributed by atoms with van der Waals surface area (Å²) in [5.74, 6) is 0.615. The van der Waals surface area contributed by atoms with Crippen molar-refractivity contribution in [2.24, 2.45) is 5.16 Å². The predicted octanol–water partition coefficient (Wildman–Crippen LogP) is 1.93. The van der Waals surface area contributed by atoms with E-state index in [0.717, 1.165) is 6.54 Å². The Balaban J connectivity index is 2.60. The molecule has 0 radical (unpaired) electrons. The van der Waals surface area contributed by atoms with Gasteiger partial charge in [-0.2, -0.15) is 0 Å². The predicted molar refractivity (Wildman–Crippen MR) is 52.8 cm³/mol. The molecule has 1 N–H and O–H groups in total. The van der Waals surface area contributed by atoms with Gasteiger partial charge in [-0.15, -0.1) is 0 Å². The summed E-state index contributed by atoms with van der Waals surface area (Å²) in [5.41, 5.74) is 1.20. The third kappa shape index (κ3) is 2.78. The van der Waals surface area contributed by atoms with Gasteiger partial charge < -0.3 is 10.1 Å². The van der Waals surface area contributed by atoms with E-state index in [1.807, 2.05) is 42.3 Å². The quantitative estimate of drug-likeness (QED) is 0.325. The molecule has 0 heterocycles. The minimum Gasteiger partial charge on any atom is -0.409 e. The van der Waals surface area contributed by atoms with Crippen LogP contribution < -0.4 is 0 Å². The largest absolute Gasteiger partial charge is 0.409 e. The van der Waals surface area contributed by atoms with Crippen LogP contribution in [-0.2, 0) is 6.54 Å². The molecular weight excluding hydrogens is 164 g/mol. The fourth-order valence-electron chi connectivity index (χ4n) is 1.05. The molecule has 0 unspecified atom stereocenters. The van der Waals surface area contributed by atoms with Crippen molar-refractivity contribution in [3.8, 4) is 0 Å². The monoisotopic (exact) mass is 178 g/mol. The van der Waals surface area contributed by atoms with Gasteiger partial charge in [0.2, 0.25) is 0 Å². The first kappa shape index (κ1) is 9.58. The number of hydrogen-bond acceptors (Lipinski definition) is 2. The van der Waals surface area contributed by atoms with E-state index in [4.69, 9.17) is 5.21 Å². The highest BCUT2D eigenvalue weighted by Crippen LogP contribution is 2.02. The first-order chi connectivity index (χ1) is 6.24. The van der Waals surface area contributed by atoms with E-state index in [1.54, 1.807) is 6.92 Å². The van der Waals surface area contributed by atoms with E-state index < -0.39 is 0 Å². The van der Waals surface area contributed by atoms with E-state index in [2.05, 4.69) is 5.16 Å². The van der Waals surface area contributed by atoms with Gasteiger partial charge in [0, 0.05) is 13.6 Å². The Morgan fingerprint density at radius 2 is 2.00 bits per heavy atom. The Bertz CT molecular complexity index is 282. The summed E-state index contributed by atoms with van der Waals surface area (Å²) >= 11 is 0. The van der Waals surface area contributed by atoms with E-state index in [9.17, 15) is 0 Å². The summed E-state index contributed by atoms with van der Waals surface area (Å²) in [6, 6.07) is 10.1. The molecule has 3 heteroatoms. The molecule has 0 saturated heterocycles. The fourth-order valence-corrected chi connectivity index (χ4v) is 1.05. The number of nitrogens with zero attached hydrogens (tertiary/aromatic N) is 2. The lowest BCUT2D eigenvalue weighted by atomic mass is 10.2. The average Bonchev–Trinajstić information content (AvgIpc) is 2.18. The second kappa shape index (κ2) is 4.50. The van der Waals surface area contributed by atoms with Crippen LogP contribution in [0.2, 0.25) is 0 Å². The fraction of sp³-hybridized carbons (Fsp3) is 0.300. The maximum absolute atomic E-state index is 8.53. The highest BCUT2D eigenvalue weighted by Gasteiger charge is 2.00. The van der Waals surface area contributed by atoms with E-state index in [1.165, 1.54) is 5.56 Å². The Labute approximate surface area is 78.3 Å². The molecule has 1 rings (SSSR count). The molecule has 0 aliphatic carbocycles. The van der Waals surface area contributed by atoms with Gasteiger partial charge in [0.1, 0.15) is 5.84 Å². The molecule has 0 atom stereocenters. The van der Waals surface area contributed by atoms with Gasteiger partial charge in [0.05, 0.1) is 0 Å². The average molecular weight is 178 g/mol. The maximum Gasteiger partial charge on any atom is 0.141 e. The van der Waals surface area contributed by atoms with Crippen molar-refractivity contribution in [2.75, 3.05) is 7.05 Å². The summed E-state index contributed by atoms with van der Waals surface area (Å²) in [5, 5.41) is 11.7. The third-order valence-corrected chi connectivity index (χ3v) is 1.96. The maximum atomic E-state index is 8.53. The molecule has 0 saturated carbocycles. The number of benzene rings is 1. The number of amidine groups is 1. The first-order valence-electron chi connectivity index (χ1n) is 4.17. The number of rotatable bonds is 2. The van der Waals surface area contributed by atoms with E-state index in [0.29, 0.717) is 5.84 Å². The van der Waals surface area contributed by atoms with E-state index >= 15 is 0 Å². The highest BCUT2D eigenvalue weighted by atomic mass is 16.4. The van der Waals surface area contributed by atoms with Crippen molar-refractivity contribution in [3.05, 3.63) is 35.9 Å². The molecule has 0 aliphatic rings. The van der Waals surface area contributed by atoms with Crippen LogP contribution in [0, 0.1) is 0 Å². The number of hydrogen-bond donors (Lipinski definition) is 1. The van der Waals surface area contributed by atoms with Gasteiger partial charge in [-0.25, -0.2) is 0 Å². The Kier molecular flexibility index (Phi) is 3.31. The van der Waals surface area contributed by atoms with Gasteiger partial charge in [-0.1, -0.05) is 35.5 Å². The second-order valence-electron chi connectivity index (χ2n) is 2.99. The van der Waals surface area contributed by atoms with Crippen molar-refractivity contribution in [1.82, 2.24) is 4.90 Å². The lowest BCUT2D eigenvalue weighted by molar-refractivity contribution is 0.304. The zero-order chi connectivity index (χ0) is 9.68. The van der Waals surface area contributed by atoms with Gasteiger partial charge in [0.15, 0.2) is 0 Å². The molecule has 13 heavy (non-hydrogen) atoms. The van der Waals surface area contributed by atoms with Crippen molar-refractivity contribution in [2.45, 2.75) is 13.5 Å². The minimum absolute atomic E-state index is 0.615. The van der Waals surface area contributed by atoms with Crippen molar-refractivity contribution >= 4 is 5.84 Å². The van der Waals surface area contributed by atoms with Crippen LogP contribution in [0.15, 0.2) is 35.5 Å². The van der Waals surface area contributed by atoms with Gasteiger partial charge >= 0.3 is 0 Å². The molecule has 1 aromatic carbocycles. The van der Waals surface area contributed by atoms with Gasteiger partial charge in [-0.3, -0.25) is 0 Å². The molecule has 0 spiro atoms. The lowest BCUT2D eigenvalue weighted by Gasteiger charge is -2.16. The summed E-state index contributed by atoms with van der Waals surface area (Å²) in [7, 11) is 1.89. The van der Waals surface area contributed by atoms with Crippen LogP contribution in [0.5, 0.6) is 0 Å². The summed E-state index contributed by atoms with van der Waals surface area (Å²) in [6.07, 6.45) is 0. The van der Waals surface area contributed by atoms with Crippen LogP contribution in [0.4, 0.5) is 0 Å². The molecular formula is C10H14N2O. The first-order valence-corrected chi connectivity index (χ1v) is 4.17. The zero-order valence-corrected chi connectivity index (χ0v) is 7.94.